The summed E-state index contributed by atoms with van der Waals surface area (Å²) < 4.78 is 0. The molecule has 11 heteroatoms. The summed E-state index contributed by atoms with van der Waals surface area (Å²) in [4.78, 5) is 26.6. The summed E-state index contributed by atoms with van der Waals surface area (Å²) in [6.07, 6.45) is 12.1. The van der Waals surface area contributed by atoms with Gasteiger partial charge in [-0.25, -0.2) is 0 Å². The van der Waals surface area contributed by atoms with Crippen molar-refractivity contribution in [1.29, 1.82) is 0 Å². The Bertz CT molecular complexity index is 5930. The summed E-state index contributed by atoms with van der Waals surface area (Å²) >= 11 is 0. The summed E-state index contributed by atoms with van der Waals surface area (Å²) in [5, 5.41) is 0. The molecule has 6 nitrogen and oxygen atoms in total. The molecule has 0 fully saturated rings. The first-order valence-corrected chi connectivity index (χ1v) is 40.4. The van der Waals surface area contributed by atoms with Crippen molar-refractivity contribution >= 4 is 0 Å². The van der Waals surface area contributed by atoms with Crippen LogP contribution in [0, 0.1) is 64.1 Å². The fourth-order valence-corrected chi connectivity index (χ4v) is 13.3. The fourth-order valence-electron chi connectivity index (χ4n) is 13.3. The Labute approximate surface area is 798 Å². The molecule has 0 unspecified atom stereocenters. The first kappa shape index (κ1) is 99.7. The van der Waals surface area contributed by atoms with Gasteiger partial charge in [0.1, 0.15) is 0 Å². The van der Waals surface area contributed by atoms with E-state index in [0.29, 0.717) is 11.8 Å². The molecular formula is C112H100Ir5N6-6. The van der Waals surface area contributed by atoms with Gasteiger partial charge in [0.05, 0.1) is 0 Å². The minimum atomic E-state index is 0. The van der Waals surface area contributed by atoms with Crippen molar-refractivity contribution in [2.45, 2.75) is 107 Å². The topological polar surface area (TPSA) is 77.3 Å². The van der Waals surface area contributed by atoms with Crippen molar-refractivity contribution in [3.8, 4) is 123 Å². The number of aromatic nitrogens is 6. The molecule has 0 N–H and O–H groups in total. The second-order valence-electron chi connectivity index (χ2n) is 30.8. The molecule has 0 saturated carbocycles. The average Bonchev–Trinajstić information content (AvgIpc) is 0.821. The molecule has 6 aromatic heterocycles. The summed E-state index contributed by atoms with van der Waals surface area (Å²) in [5.74, 6) is 1.04. The average molecular weight is 2490 g/mol. The largest absolute Gasteiger partial charge is 0.305 e. The van der Waals surface area contributed by atoms with Crippen LogP contribution in [-0.4, -0.2) is 29.9 Å². The second kappa shape index (κ2) is 50.4. The summed E-state index contributed by atoms with van der Waals surface area (Å²) in [7, 11) is 0. The van der Waals surface area contributed by atoms with E-state index in [0.717, 1.165) is 74.0 Å². The van der Waals surface area contributed by atoms with Crippen LogP contribution in [0.2, 0.25) is 0 Å². The third-order valence-electron chi connectivity index (χ3n) is 20.1. The molecule has 5 radical (unpaired) electrons. The van der Waals surface area contributed by atoms with Gasteiger partial charge in [0.15, 0.2) is 0 Å². The number of rotatable bonds is 14. The second-order valence-corrected chi connectivity index (χ2v) is 30.8. The number of nitrogens with zero attached hydrogens (tertiary/aromatic N) is 6. The maximum Gasteiger partial charge on any atom is 0.0192 e. The van der Waals surface area contributed by atoms with E-state index in [1.165, 1.54) is 100 Å². The van der Waals surface area contributed by atoms with E-state index in [2.05, 4.69) is 350 Å². The predicted molar refractivity (Wildman–Crippen MR) is 493 cm³/mol. The first-order valence-electron chi connectivity index (χ1n) is 40.4. The Hall–Kier alpha value is -10.4. The molecule has 123 heavy (non-hydrogen) atoms. The molecule has 0 aliphatic rings. The summed E-state index contributed by atoms with van der Waals surface area (Å²) in [5.41, 5.74) is 34.8. The van der Waals surface area contributed by atoms with E-state index in [1.54, 1.807) is 6.20 Å². The molecule has 0 aliphatic heterocycles. The zero-order valence-electron chi connectivity index (χ0n) is 71.4. The normalized spacial score (nSPS) is 10.3. The van der Waals surface area contributed by atoms with Gasteiger partial charge in [0, 0.05) is 138 Å². The van der Waals surface area contributed by atoms with Crippen molar-refractivity contribution in [2.24, 2.45) is 0 Å². The van der Waals surface area contributed by atoms with Crippen LogP contribution in [0.3, 0.4) is 0 Å². The van der Waals surface area contributed by atoms with E-state index in [9.17, 15) is 0 Å². The van der Waals surface area contributed by atoms with E-state index >= 15 is 0 Å². The Morgan fingerprint density at radius 3 is 0.967 bits per heavy atom. The molecule has 17 aromatic rings. The number of hydrogen-bond acceptors (Lipinski definition) is 6. The first-order chi connectivity index (χ1) is 57.4. The van der Waals surface area contributed by atoms with Crippen LogP contribution in [-0.2, 0) is 112 Å². The minimum Gasteiger partial charge on any atom is -0.305 e. The Kier molecular flexibility index (Phi) is 40.8. The molecule has 0 saturated heterocycles. The van der Waals surface area contributed by atoms with Crippen molar-refractivity contribution in [3.05, 3.63) is 446 Å². The Balaban J connectivity index is 0.000000203. The van der Waals surface area contributed by atoms with Gasteiger partial charge in [-0.1, -0.05) is 260 Å². The number of benzene rings is 11. The molecule has 11 aromatic carbocycles. The van der Waals surface area contributed by atoms with Gasteiger partial charge >= 0.3 is 0 Å². The minimum absolute atomic E-state index is 0. The van der Waals surface area contributed by atoms with Gasteiger partial charge in [-0.15, -0.1) is 213 Å². The standard InChI is InChI=1S/C23H24N.C21H20N.3C19H16N.C11H8N.5Ir/c1-16(2)20-13-21(17(3)4)15-22(14-20)18-8-7-9-19(12-18)23-10-5-6-11-24-23;1-21(2,3)19-12-13-22-20(15-19)18-11-7-10-17(14-18)16-8-5-4-6-9-16;1-14-10-15(2)12-18(11-14)16-6-5-7-17(13-16)19-8-3-4-9-20-19;1-14-11-19(20-13-15(14)2)18-10-6-9-17(12-18)16-7-4-3-5-8-16;1-2-15-11-12-20-19(13-15)18-10-6-9-17(14-18)16-7-4-3-5-8-16;1-2-6-10(7-3-1)11-8-4-5-9-12-11;;;;;/h5-8,10-17H,1-4H3;4-10,12-15H,1-3H3;3-6,8-13H,1-2H3;3-9,11-13H,1-2H3;3-9,11-14H,2H2,1H3;1-6,8-9H;;;;;/q6*-1;;;;;. The number of hydrogen-bond donors (Lipinski definition) is 0. The zero-order valence-corrected chi connectivity index (χ0v) is 83.3. The third-order valence-corrected chi connectivity index (χ3v) is 20.1. The summed E-state index contributed by atoms with van der Waals surface area (Å²) in [6, 6.07) is 132. The Morgan fingerprint density at radius 2 is 0.602 bits per heavy atom. The van der Waals surface area contributed by atoms with Crippen molar-refractivity contribution < 1.29 is 101 Å². The molecule has 6 heterocycles. The van der Waals surface area contributed by atoms with Crippen molar-refractivity contribution in [3.63, 3.8) is 0 Å². The van der Waals surface area contributed by atoms with Crippen LogP contribution in [0.15, 0.2) is 365 Å². The fraction of sp³-hybridized carbons (Fsp3) is 0.143. The van der Waals surface area contributed by atoms with E-state index in [1.807, 2.05) is 158 Å². The maximum absolute atomic E-state index is 4.53. The monoisotopic (exact) mass is 2490 g/mol. The third kappa shape index (κ3) is 29.6. The van der Waals surface area contributed by atoms with Crippen LogP contribution >= 0.6 is 0 Å². The Morgan fingerprint density at radius 1 is 0.260 bits per heavy atom. The molecule has 0 atom stereocenters. The van der Waals surface area contributed by atoms with E-state index in [-0.39, 0.29) is 106 Å². The maximum atomic E-state index is 4.53. The molecule has 0 aliphatic carbocycles. The van der Waals surface area contributed by atoms with Gasteiger partial charge in [-0.05, 0) is 166 Å². The molecule has 0 amide bonds. The molecule has 0 spiro atoms. The van der Waals surface area contributed by atoms with Gasteiger partial charge in [-0.2, -0.15) is 0 Å². The quantitative estimate of drug-likeness (QED) is 0.101. The van der Waals surface area contributed by atoms with Crippen LogP contribution < -0.4 is 0 Å². The van der Waals surface area contributed by atoms with E-state index in [4.69, 9.17) is 0 Å². The molecule has 17 rings (SSSR count). The van der Waals surface area contributed by atoms with Crippen LogP contribution in [0.1, 0.15) is 112 Å². The number of aryl methyl sites for hydroxylation is 5. The molecule has 629 valence electrons. The van der Waals surface area contributed by atoms with Crippen LogP contribution in [0.25, 0.3) is 123 Å². The van der Waals surface area contributed by atoms with Gasteiger partial charge in [-0.3, -0.25) is 0 Å². The number of pyridine rings is 6. The van der Waals surface area contributed by atoms with E-state index < -0.39 is 0 Å². The predicted octanol–water partition coefficient (Wildman–Crippen LogP) is 29.0. The SMILES string of the molecule is CC(C)(C)c1ccnc(-c2[c-]ccc(-c3ccccc3)c2)c1.CC(C)c1cc(-c2cc[c-]c(-c3ccccn3)c2)cc(C(C)C)c1.CCc1ccnc(-c2[c-]ccc(-c3ccccc3)c2)c1.Cc1cc(C)cc(-c2cc[c-]c(-c3ccccn3)c2)c1.Cc1cnc(-c2[c-]ccc(-c3ccccc3)c2)cc1C.[Ir].[Ir].[Ir].[Ir].[Ir].[c-]1ccccc1-c1ccccn1. The van der Waals surface area contributed by atoms with Gasteiger partial charge in [0.2, 0.25) is 0 Å². The zero-order chi connectivity index (χ0) is 82.6. The van der Waals surface area contributed by atoms with Crippen LogP contribution in [0.4, 0.5) is 0 Å². The van der Waals surface area contributed by atoms with Crippen molar-refractivity contribution in [2.75, 3.05) is 0 Å². The molecule has 0 bridgehead atoms. The van der Waals surface area contributed by atoms with Crippen LogP contribution in [0.5, 0.6) is 0 Å². The summed E-state index contributed by atoms with van der Waals surface area (Å²) in [6.45, 7) is 26.3. The smallest absolute Gasteiger partial charge is 0.0192 e. The van der Waals surface area contributed by atoms with Gasteiger partial charge < -0.3 is 29.9 Å². The van der Waals surface area contributed by atoms with Crippen molar-refractivity contribution in [1.82, 2.24) is 29.9 Å². The van der Waals surface area contributed by atoms with Gasteiger partial charge in [0.25, 0.3) is 0 Å². The molecular weight excluding hydrogens is 2390 g/mol.